The Hall–Kier alpha value is -3.24. The van der Waals surface area contributed by atoms with Crippen LogP contribution in [0, 0.1) is 5.82 Å². The van der Waals surface area contributed by atoms with Crippen LogP contribution in [0.3, 0.4) is 0 Å². The summed E-state index contributed by atoms with van der Waals surface area (Å²) in [6.07, 6.45) is 2.73. The van der Waals surface area contributed by atoms with Crippen LogP contribution >= 0.6 is 0 Å². The maximum atomic E-state index is 15.0. The van der Waals surface area contributed by atoms with Gasteiger partial charge >= 0.3 is 6.09 Å². The van der Waals surface area contributed by atoms with Crippen LogP contribution < -0.4 is 4.72 Å². The highest BCUT2D eigenvalue weighted by Gasteiger charge is 2.38. The minimum absolute atomic E-state index is 0.140. The molecule has 2 unspecified atom stereocenters. The minimum atomic E-state index is -3.90. The first-order valence-electron chi connectivity index (χ1n) is 11.0. The summed E-state index contributed by atoms with van der Waals surface area (Å²) in [6.45, 7) is 1.87. The van der Waals surface area contributed by atoms with Gasteiger partial charge in [-0.1, -0.05) is 36.4 Å². The molecule has 0 radical (unpaired) electrons. The highest BCUT2D eigenvalue weighted by atomic mass is 32.2. The second-order valence-corrected chi connectivity index (χ2v) is 10.2. The molecule has 2 atom stereocenters. The number of rotatable bonds is 8. The number of halogens is 1. The molecule has 0 spiro atoms. The number of aromatic nitrogens is 2. The molecular weight excluding hydrogens is 459 g/mol. The number of hydrogen-bond acceptors (Lipinski definition) is 4. The number of hydrogen-bond donors (Lipinski definition) is 2. The normalized spacial score (nSPS) is 17.5. The van der Waals surface area contributed by atoms with Crippen LogP contribution in [0.4, 0.5) is 9.18 Å². The molecule has 1 aromatic heterocycles. The Bertz CT molecular complexity index is 1290. The van der Waals surface area contributed by atoms with E-state index in [0.717, 1.165) is 16.7 Å². The van der Waals surface area contributed by atoms with Crippen LogP contribution in [0.15, 0.2) is 60.0 Å². The Morgan fingerprint density at radius 3 is 2.65 bits per heavy atom. The molecule has 1 amide bonds. The van der Waals surface area contributed by atoms with Crippen molar-refractivity contribution >= 4 is 16.1 Å². The van der Waals surface area contributed by atoms with Gasteiger partial charge in [0.1, 0.15) is 5.82 Å². The Labute approximate surface area is 198 Å². The number of benzene rings is 2. The summed E-state index contributed by atoms with van der Waals surface area (Å²) in [4.78, 5) is 17.2. The summed E-state index contributed by atoms with van der Waals surface area (Å²) < 4.78 is 44.0. The number of likely N-dealkylation sites (N-methyl/N-ethyl adjacent to an activating group) is 1. The molecule has 34 heavy (non-hydrogen) atoms. The second-order valence-electron chi connectivity index (χ2n) is 8.48. The Morgan fingerprint density at radius 1 is 1.29 bits per heavy atom. The molecule has 0 saturated heterocycles. The van der Waals surface area contributed by atoms with E-state index in [-0.39, 0.29) is 29.1 Å². The molecule has 1 aliphatic carbocycles. The number of carboxylic acid groups (broad SMARTS) is 1. The van der Waals surface area contributed by atoms with Crippen molar-refractivity contribution < 1.29 is 22.7 Å². The number of fused-ring (bicyclic) bond motifs is 1. The van der Waals surface area contributed by atoms with E-state index < -0.39 is 21.9 Å². The number of aryl methyl sites for hydroxylation is 1. The third-order valence-corrected chi connectivity index (χ3v) is 7.58. The number of sulfonamides is 1. The molecular formula is C24H27FN4O4S. The summed E-state index contributed by atoms with van der Waals surface area (Å²) in [6, 6.07) is 12.5. The fourth-order valence-electron chi connectivity index (χ4n) is 4.64. The van der Waals surface area contributed by atoms with Gasteiger partial charge in [-0.3, -0.25) is 0 Å². The van der Waals surface area contributed by atoms with Crippen molar-refractivity contribution in [2.24, 2.45) is 7.05 Å². The molecule has 1 heterocycles. The molecule has 0 fully saturated rings. The highest BCUT2D eigenvalue weighted by molar-refractivity contribution is 7.89. The monoisotopic (exact) mass is 486 g/mol. The van der Waals surface area contributed by atoms with E-state index in [4.69, 9.17) is 0 Å². The molecule has 0 saturated carbocycles. The second kappa shape index (κ2) is 9.55. The molecule has 2 aromatic carbocycles. The van der Waals surface area contributed by atoms with Gasteiger partial charge in [0.15, 0.2) is 5.03 Å². The summed E-state index contributed by atoms with van der Waals surface area (Å²) >= 11 is 0. The first-order chi connectivity index (χ1) is 16.2. The van der Waals surface area contributed by atoms with Gasteiger partial charge in [-0.25, -0.2) is 27.3 Å². The Balaban J connectivity index is 1.65. The van der Waals surface area contributed by atoms with Crippen molar-refractivity contribution in [2.75, 3.05) is 6.54 Å². The van der Waals surface area contributed by atoms with E-state index >= 15 is 0 Å². The standard InChI is InChI=1S/C24H27FN4O4S/c1-3-29(24(30)31)22-12-17-11-21(25)18(13-27-34(32,33)23-14-28(2)15-26-23)10-19(17)20(22)9-16-7-5-4-6-8-16/h4-8,10-11,14-15,20,22,27H,3,9,12-13H2,1-2H3,(H,30,31). The lowest BCUT2D eigenvalue weighted by Crippen LogP contribution is -2.42. The van der Waals surface area contributed by atoms with Crippen molar-refractivity contribution in [2.45, 2.75) is 43.3 Å². The van der Waals surface area contributed by atoms with E-state index in [9.17, 15) is 22.7 Å². The van der Waals surface area contributed by atoms with Gasteiger partial charge < -0.3 is 14.6 Å². The van der Waals surface area contributed by atoms with E-state index in [0.29, 0.717) is 19.4 Å². The van der Waals surface area contributed by atoms with Gasteiger partial charge in [0.25, 0.3) is 10.0 Å². The maximum Gasteiger partial charge on any atom is 0.407 e. The third-order valence-electron chi connectivity index (χ3n) is 6.30. The van der Waals surface area contributed by atoms with Crippen LogP contribution in [0.1, 0.15) is 35.1 Å². The molecule has 3 aromatic rings. The fraction of sp³-hybridized carbons (Fsp3) is 0.333. The minimum Gasteiger partial charge on any atom is -0.465 e. The predicted octanol–water partition coefficient (Wildman–Crippen LogP) is 3.29. The van der Waals surface area contributed by atoms with Crippen molar-refractivity contribution in [3.63, 3.8) is 0 Å². The quantitative estimate of drug-likeness (QED) is 0.509. The SMILES string of the molecule is CCN(C(=O)O)C1Cc2cc(F)c(CNS(=O)(=O)c3cn(C)cn3)cc2C1Cc1ccccc1. The number of carbonyl (C=O) groups is 1. The van der Waals surface area contributed by atoms with Crippen LogP contribution in [-0.2, 0) is 36.5 Å². The number of nitrogens with one attached hydrogen (secondary N) is 1. The number of imidazole rings is 1. The summed E-state index contributed by atoms with van der Waals surface area (Å²) in [5.74, 6) is -0.708. The Morgan fingerprint density at radius 2 is 2.03 bits per heavy atom. The van der Waals surface area contributed by atoms with E-state index in [1.807, 2.05) is 30.3 Å². The number of nitrogens with zero attached hydrogens (tertiary/aromatic N) is 3. The van der Waals surface area contributed by atoms with Crippen LogP contribution in [-0.4, -0.2) is 46.7 Å². The van der Waals surface area contributed by atoms with Gasteiger partial charge in [0.2, 0.25) is 0 Å². The summed E-state index contributed by atoms with van der Waals surface area (Å²) in [7, 11) is -2.25. The largest absolute Gasteiger partial charge is 0.465 e. The van der Waals surface area contributed by atoms with Gasteiger partial charge in [-0.2, -0.15) is 0 Å². The van der Waals surface area contributed by atoms with Gasteiger partial charge in [0.05, 0.1) is 6.33 Å². The van der Waals surface area contributed by atoms with Crippen molar-refractivity contribution in [1.29, 1.82) is 0 Å². The van der Waals surface area contributed by atoms with Crippen LogP contribution in [0.5, 0.6) is 0 Å². The third kappa shape index (κ3) is 4.83. The first kappa shape index (κ1) is 23.9. The van der Waals surface area contributed by atoms with E-state index in [1.54, 1.807) is 20.0 Å². The zero-order valence-corrected chi connectivity index (χ0v) is 19.8. The molecule has 10 heteroatoms. The van der Waals surface area contributed by atoms with Crippen molar-refractivity contribution in [3.8, 4) is 0 Å². The van der Waals surface area contributed by atoms with E-state index in [2.05, 4.69) is 9.71 Å². The topological polar surface area (TPSA) is 105 Å². The fourth-order valence-corrected chi connectivity index (χ4v) is 5.62. The maximum absolute atomic E-state index is 15.0. The molecule has 4 rings (SSSR count). The molecule has 0 aliphatic heterocycles. The zero-order chi connectivity index (χ0) is 24.5. The lowest BCUT2D eigenvalue weighted by molar-refractivity contribution is 0.122. The van der Waals surface area contributed by atoms with Gasteiger partial charge in [-0.15, -0.1) is 0 Å². The summed E-state index contributed by atoms with van der Waals surface area (Å²) in [5, 5.41) is 9.62. The Kier molecular flexibility index (Phi) is 6.72. The van der Waals surface area contributed by atoms with Crippen LogP contribution in [0.2, 0.25) is 0 Å². The molecule has 0 bridgehead atoms. The van der Waals surface area contributed by atoms with Crippen molar-refractivity contribution in [1.82, 2.24) is 19.2 Å². The predicted molar refractivity (Wildman–Crippen MR) is 124 cm³/mol. The smallest absolute Gasteiger partial charge is 0.407 e. The van der Waals surface area contributed by atoms with Crippen molar-refractivity contribution in [3.05, 3.63) is 83.1 Å². The lowest BCUT2D eigenvalue weighted by atomic mass is 9.89. The zero-order valence-electron chi connectivity index (χ0n) is 19.0. The molecule has 180 valence electrons. The molecule has 8 nitrogen and oxygen atoms in total. The molecule has 1 aliphatic rings. The van der Waals surface area contributed by atoms with Gasteiger partial charge in [-0.05, 0) is 42.5 Å². The van der Waals surface area contributed by atoms with Gasteiger partial charge in [0, 0.05) is 43.9 Å². The first-order valence-corrected chi connectivity index (χ1v) is 12.5. The highest BCUT2D eigenvalue weighted by Crippen LogP contribution is 2.40. The average Bonchev–Trinajstić information content (AvgIpc) is 3.38. The molecule has 2 N–H and O–H groups in total. The van der Waals surface area contributed by atoms with Crippen LogP contribution in [0.25, 0.3) is 0 Å². The number of amides is 1. The summed E-state index contributed by atoms with van der Waals surface area (Å²) in [5.41, 5.74) is 2.85. The average molecular weight is 487 g/mol. The van der Waals surface area contributed by atoms with E-state index in [1.165, 1.54) is 28.1 Å². The lowest BCUT2D eigenvalue weighted by Gasteiger charge is -2.30.